The van der Waals surface area contributed by atoms with E-state index in [0.717, 1.165) is 18.4 Å². The minimum atomic E-state index is -4.07. The Labute approximate surface area is 90.3 Å². The number of aryl methyl sites for hydroxylation is 1. The minimum Gasteiger partial charge on any atom is -0.321 e. The fourth-order valence-corrected chi connectivity index (χ4v) is 1.97. The molecule has 0 saturated heterocycles. The molecule has 0 heterocycles. The maximum Gasteiger partial charge on any atom is 0.356 e. The van der Waals surface area contributed by atoms with E-state index < -0.39 is 7.60 Å². The monoisotopic (exact) mass is 228 g/mol. The van der Waals surface area contributed by atoms with Crippen LogP contribution in [-0.2, 0) is 11.0 Å². The van der Waals surface area contributed by atoms with Crippen LogP contribution in [0.4, 0.5) is 0 Å². The summed E-state index contributed by atoms with van der Waals surface area (Å²) >= 11 is 0. The lowest BCUT2D eigenvalue weighted by Crippen LogP contribution is -2.03. The quantitative estimate of drug-likeness (QED) is 0.600. The van der Waals surface area contributed by atoms with Crippen LogP contribution in [0.2, 0.25) is 0 Å². The van der Waals surface area contributed by atoms with Crippen LogP contribution >= 0.6 is 7.60 Å². The molecule has 0 radical (unpaired) electrons. The van der Waals surface area contributed by atoms with Crippen molar-refractivity contribution in [2.45, 2.75) is 32.6 Å². The van der Waals surface area contributed by atoms with Crippen molar-refractivity contribution in [3.63, 3.8) is 0 Å². The molecule has 0 fully saturated rings. The van der Waals surface area contributed by atoms with Crippen LogP contribution < -0.4 is 5.30 Å². The van der Waals surface area contributed by atoms with Crippen LogP contribution in [0.5, 0.6) is 0 Å². The average Bonchev–Trinajstić information content (AvgIpc) is 2.18. The van der Waals surface area contributed by atoms with E-state index in [1.807, 2.05) is 0 Å². The van der Waals surface area contributed by atoms with Gasteiger partial charge in [-0.2, -0.15) is 0 Å². The van der Waals surface area contributed by atoms with E-state index in [0.29, 0.717) is 0 Å². The van der Waals surface area contributed by atoms with E-state index in [9.17, 15) is 4.57 Å². The predicted molar refractivity (Wildman–Crippen MR) is 61.3 cm³/mol. The maximum absolute atomic E-state index is 10.9. The third-order valence-corrected chi connectivity index (χ3v) is 3.31. The molecular weight excluding hydrogens is 211 g/mol. The molecule has 4 heteroatoms. The van der Waals surface area contributed by atoms with Gasteiger partial charge in [0.05, 0.1) is 5.30 Å². The third kappa shape index (κ3) is 4.17. The van der Waals surface area contributed by atoms with E-state index in [1.54, 1.807) is 12.1 Å². The zero-order chi connectivity index (χ0) is 11.3. The lowest BCUT2D eigenvalue weighted by molar-refractivity contribution is 0.387. The van der Waals surface area contributed by atoms with Gasteiger partial charge in [-0.1, -0.05) is 31.9 Å². The zero-order valence-electron chi connectivity index (χ0n) is 8.89. The lowest BCUT2D eigenvalue weighted by Gasteiger charge is -2.05. The first-order valence-electron chi connectivity index (χ1n) is 5.19. The molecule has 0 aliphatic rings. The van der Waals surface area contributed by atoms with Crippen molar-refractivity contribution in [2.24, 2.45) is 0 Å². The number of hydrogen-bond donors (Lipinski definition) is 2. The van der Waals surface area contributed by atoms with E-state index in [-0.39, 0.29) is 5.30 Å². The molecule has 0 amide bonds. The van der Waals surface area contributed by atoms with Crippen molar-refractivity contribution in [1.29, 1.82) is 0 Å². The molecule has 0 aliphatic carbocycles. The molecule has 1 rings (SSSR count). The zero-order valence-corrected chi connectivity index (χ0v) is 9.78. The van der Waals surface area contributed by atoms with Crippen molar-refractivity contribution in [3.05, 3.63) is 29.8 Å². The summed E-state index contributed by atoms with van der Waals surface area (Å²) in [5.41, 5.74) is 1.14. The average molecular weight is 228 g/mol. The van der Waals surface area contributed by atoms with Crippen molar-refractivity contribution < 1.29 is 14.4 Å². The first-order valence-corrected chi connectivity index (χ1v) is 6.80. The lowest BCUT2D eigenvalue weighted by atomic mass is 10.1. The highest BCUT2D eigenvalue weighted by Gasteiger charge is 2.15. The molecule has 0 aliphatic heterocycles. The van der Waals surface area contributed by atoms with Crippen LogP contribution in [0.15, 0.2) is 24.3 Å². The standard InChI is InChI=1S/C11H17O3P/c1-2-3-4-5-10-6-8-11(9-7-10)15(12,13)14/h6-9H,2-5H2,1H3,(H2,12,13,14). The number of hydrogen-bond acceptors (Lipinski definition) is 1. The molecular formula is C11H17O3P. The highest BCUT2D eigenvalue weighted by Crippen LogP contribution is 2.32. The summed E-state index contributed by atoms with van der Waals surface area (Å²) in [5.74, 6) is 0. The summed E-state index contributed by atoms with van der Waals surface area (Å²) < 4.78 is 10.9. The Hall–Kier alpha value is -0.630. The van der Waals surface area contributed by atoms with Gasteiger partial charge in [0.15, 0.2) is 0 Å². The summed E-state index contributed by atoms with van der Waals surface area (Å²) in [7, 11) is -4.07. The summed E-state index contributed by atoms with van der Waals surface area (Å²) in [6.45, 7) is 2.15. The summed E-state index contributed by atoms with van der Waals surface area (Å²) in [6, 6.07) is 6.62. The largest absolute Gasteiger partial charge is 0.356 e. The van der Waals surface area contributed by atoms with Gasteiger partial charge in [0.1, 0.15) is 0 Å². The SMILES string of the molecule is CCCCCc1ccc(P(=O)(O)O)cc1. The van der Waals surface area contributed by atoms with Gasteiger partial charge < -0.3 is 9.79 Å². The van der Waals surface area contributed by atoms with Crippen molar-refractivity contribution in [3.8, 4) is 0 Å². The van der Waals surface area contributed by atoms with Crippen LogP contribution in [0.3, 0.4) is 0 Å². The van der Waals surface area contributed by atoms with Crippen LogP contribution in [0.25, 0.3) is 0 Å². The topological polar surface area (TPSA) is 57.5 Å². The van der Waals surface area contributed by atoms with Crippen LogP contribution in [0.1, 0.15) is 31.7 Å². The Balaban J connectivity index is 2.61. The van der Waals surface area contributed by atoms with Gasteiger partial charge in [-0.15, -0.1) is 0 Å². The van der Waals surface area contributed by atoms with E-state index in [4.69, 9.17) is 9.79 Å². The molecule has 0 atom stereocenters. The molecule has 84 valence electrons. The fourth-order valence-electron chi connectivity index (χ4n) is 1.44. The van der Waals surface area contributed by atoms with Gasteiger partial charge in [-0.25, -0.2) is 0 Å². The van der Waals surface area contributed by atoms with E-state index in [1.165, 1.54) is 25.0 Å². The number of unbranched alkanes of at least 4 members (excludes halogenated alkanes) is 2. The summed E-state index contributed by atoms with van der Waals surface area (Å²) in [6.07, 6.45) is 4.49. The molecule has 3 nitrogen and oxygen atoms in total. The second kappa shape index (κ2) is 5.45. The Morgan fingerprint density at radius 3 is 2.20 bits per heavy atom. The van der Waals surface area contributed by atoms with E-state index >= 15 is 0 Å². The molecule has 1 aromatic rings. The third-order valence-electron chi connectivity index (χ3n) is 2.34. The van der Waals surface area contributed by atoms with Crippen molar-refractivity contribution >= 4 is 12.9 Å². The van der Waals surface area contributed by atoms with E-state index in [2.05, 4.69) is 6.92 Å². The van der Waals surface area contributed by atoms with Gasteiger partial charge in [0.25, 0.3) is 0 Å². The van der Waals surface area contributed by atoms with Gasteiger partial charge >= 0.3 is 7.60 Å². The molecule has 0 aromatic heterocycles. The van der Waals surface area contributed by atoms with Crippen LogP contribution in [-0.4, -0.2) is 9.79 Å². The molecule has 0 spiro atoms. The first kappa shape index (κ1) is 12.4. The smallest absolute Gasteiger partial charge is 0.321 e. The number of rotatable bonds is 5. The Morgan fingerprint density at radius 2 is 1.73 bits per heavy atom. The predicted octanol–water partition coefficient (Wildman–Crippen LogP) is 2.22. The molecule has 0 unspecified atom stereocenters. The van der Waals surface area contributed by atoms with Crippen molar-refractivity contribution in [2.75, 3.05) is 0 Å². The molecule has 1 aromatic carbocycles. The maximum atomic E-state index is 10.9. The Morgan fingerprint density at radius 1 is 1.13 bits per heavy atom. The Bertz CT molecular complexity index is 339. The summed E-state index contributed by atoms with van der Waals surface area (Å²) in [5, 5.41) is 0.0988. The van der Waals surface area contributed by atoms with Gasteiger partial charge in [-0.3, -0.25) is 4.57 Å². The normalized spacial score (nSPS) is 11.7. The molecule has 15 heavy (non-hydrogen) atoms. The molecule has 2 N–H and O–H groups in total. The molecule has 0 saturated carbocycles. The molecule has 0 bridgehead atoms. The number of benzene rings is 1. The minimum absolute atomic E-state index is 0.0988. The fraction of sp³-hybridized carbons (Fsp3) is 0.455. The highest BCUT2D eigenvalue weighted by molar-refractivity contribution is 7.60. The van der Waals surface area contributed by atoms with Crippen molar-refractivity contribution in [1.82, 2.24) is 0 Å². The van der Waals surface area contributed by atoms with Gasteiger partial charge in [-0.05, 0) is 30.5 Å². The highest BCUT2D eigenvalue weighted by atomic mass is 31.2. The second-order valence-corrected chi connectivity index (χ2v) is 5.27. The first-order chi connectivity index (χ1) is 7.04. The second-order valence-electron chi connectivity index (χ2n) is 3.67. The summed E-state index contributed by atoms with van der Waals surface area (Å²) in [4.78, 5) is 17.8. The van der Waals surface area contributed by atoms with Gasteiger partial charge in [0.2, 0.25) is 0 Å². The van der Waals surface area contributed by atoms with Crippen LogP contribution in [0, 0.1) is 0 Å². The van der Waals surface area contributed by atoms with Gasteiger partial charge in [0, 0.05) is 0 Å². The Kier molecular flexibility index (Phi) is 4.52.